The van der Waals surface area contributed by atoms with Gasteiger partial charge in [0.15, 0.2) is 18.1 Å². The molecule has 3 aromatic carbocycles. The monoisotopic (exact) mass is 614 g/mol. The number of amides is 3. The number of imide groups is 1. The maximum atomic E-state index is 12.9. The molecule has 0 aromatic heterocycles. The normalized spacial score (nSPS) is 14.3. The van der Waals surface area contributed by atoms with Crippen LogP contribution in [0.1, 0.15) is 16.7 Å². The lowest BCUT2D eigenvalue weighted by Crippen LogP contribution is -2.27. The number of hydrogen-bond donors (Lipinski definition) is 1. The highest BCUT2D eigenvalue weighted by atomic mass is 127. The molecule has 4 rings (SSSR count). The number of methoxy groups -OCH3 is 1. The largest absolute Gasteiger partial charge is 0.493 e. The Morgan fingerprint density at radius 1 is 1.03 bits per heavy atom. The number of thioether (sulfide) groups is 1. The van der Waals surface area contributed by atoms with Crippen LogP contribution in [0.4, 0.5) is 10.5 Å². The van der Waals surface area contributed by atoms with E-state index in [2.05, 4.69) is 27.9 Å². The number of rotatable bonds is 8. The zero-order valence-electron chi connectivity index (χ0n) is 19.6. The van der Waals surface area contributed by atoms with E-state index in [4.69, 9.17) is 9.47 Å². The van der Waals surface area contributed by atoms with Crippen molar-refractivity contribution >= 4 is 63.2 Å². The summed E-state index contributed by atoms with van der Waals surface area (Å²) in [5, 5.41) is 2.47. The number of carbonyl (C=O) groups is 3. The molecular weight excluding hydrogens is 591 g/mol. The molecule has 1 N–H and O–H groups in total. The fourth-order valence-corrected chi connectivity index (χ4v) is 4.63. The molecule has 3 aromatic rings. The van der Waals surface area contributed by atoms with E-state index in [0.29, 0.717) is 27.7 Å². The fourth-order valence-electron chi connectivity index (χ4n) is 3.43. The summed E-state index contributed by atoms with van der Waals surface area (Å²) in [6.07, 6.45) is 1.65. The van der Waals surface area contributed by atoms with E-state index < -0.39 is 0 Å². The van der Waals surface area contributed by atoms with Gasteiger partial charge in [0.25, 0.3) is 17.1 Å². The second-order valence-corrected chi connectivity index (χ2v) is 10.2. The number of nitrogens with one attached hydrogen (secondary N) is 1. The van der Waals surface area contributed by atoms with E-state index in [-0.39, 0.29) is 30.2 Å². The molecule has 1 aliphatic heterocycles. The Morgan fingerprint density at radius 2 is 1.75 bits per heavy atom. The quantitative estimate of drug-likeness (QED) is 0.253. The summed E-state index contributed by atoms with van der Waals surface area (Å²) < 4.78 is 12.1. The summed E-state index contributed by atoms with van der Waals surface area (Å²) in [5.74, 6) is 0.160. The molecule has 7 nitrogen and oxygen atoms in total. The zero-order chi connectivity index (χ0) is 25.7. The summed E-state index contributed by atoms with van der Waals surface area (Å²) in [5.41, 5.74) is 3.34. The van der Waals surface area contributed by atoms with Crippen LogP contribution >= 0.6 is 34.4 Å². The third-order valence-electron chi connectivity index (χ3n) is 5.31. The molecule has 1 fully saturated rings. The number of aryl methyl sites for hydroxylation is 1. The molecule has 9 heteroatoms. The lowest BCUT2D eigenvalue weighted by Gasteiger charge is -2.13. The van der Waals surface area contributed by atoms with Gasteiger partial charge in [0, 0.05) is 9.26 Å². The first-order chi connectivity index (χ1) is 17.3. The van der Waals surface area contributed by atoms with Crippen molar-refractivity contribution < 1.29 is 23.9 Å². The Bertz CT molecular complexity index is 1320. The number of benzene rings is 3. The number of hydrogen-bond acceptors (Lipinski definition) is 6. The van der Waals surface area contributed by atoms with E-state index in [1.54, 1.807) is 24.3 Å². The smallest absolute Gasteiger partial charge is 0.293 e. The maximum Gasteiger partial charge on any atom is 0.293 e. The van der Waals surface area contributed by atoms with Crippen LogP contribution in [0.5, 0.6) is 11.5 Å². The summed E-state index contributed by atoms with van der Waals surface area (Å²) in [7, 11) is 1.49. The van der Waals surface area contributed by atoms with Crippen LogP contribution in [-0.4, -0.2) is 35.7 Å². The Hall–Kier alpha value is -3.31. The van der Waals surface area contributed by atoms with E-state index in [9.17, 15) is 14.4 Å². The average molecular weight is 614 g/mol. The van der Waals surface area contributed by atoms with E-state index >= 15 is 0 Å². The second-order valence-electron chi connectivity index (χ2n) is 8.01. The van der Waals surface area contributed by atoms with Crippen molar-refractivity contribution in [3.8, 4) is 11.5 Å². The molecule has 0 bridgehead atoms. The van der Waals surface area contributed by atoms with Crippen LogP contribution in [0.3, 0.4) is 0 Å². The summed E-state index contributed by atoms with van der Waals surface area (Å²) >= 11 is 3.11. The standard InChI is InChI=1S/C27H23IN2O5S/c1-17-3-10-21(11-4-17)29-25(31)16-35-22-12-7-19(13-23(22)34-2)14-24-26(32)30(27(33)36-24)15-18-5-8-20(28)9-6-18/h3-14H,15-16H2,1-2H3,(H,29,31)/b24-14+. The van der Waals surface area contributed by atoms with Crippen LogP contribution in [0.2, 0.25) is 0 Å². The number of nitrogens with zero attached hydrogens (tertiary/aromatic N) is 1. The van der Waals surface area contributed by atoms with E-state index in [0.717, 1.165) is 26.5 Å². The number of halogens is 1. The molecule has 3 amide bonds. The first kappa shape index (κ1) is 25.8. The lowest BCUT2D eigenvalue weighted by atomic mass is 10.1. The van der Waals surface area contributed by atoms with Gasteiger partial charge >= 0.3 is 0 Å². The molecule has 0 unspecified atom stereocenters. The summed E-state index contributed by atoms with van der Waals surface area (Å²) in [6, 6.07) is 20.3. The fraction of sp³-hybridized carbons (Fsp3) is 0.148. The van der Waals surface area contributed by atoms with Crippen LogP contribution in [0.15, 0.2) is 71.6 Å². The highest BCUT2D eigenvalue weighted by Gasteiger charge is 2.35. The van der Waals surface area contributed by atoms with E-state index in [1.165, 1.54) is 12.0 Å². The first-order valence-electron chi connectivity index (χ1n) is 11.0. The van der Waals surface area contributed by atoms with Gasteiger partial charge in [-0.2, -0.15) is 0 Å². The van der Waals surface area contributed by atoms with Crippen LogP contribution in [0, 0.1) is 10.5 Å². The van der Waals surface area contributed by atoms with Crippen molar-refractivity contribution in [2.75, 3.05) is 19.0 Å². The highest BCUT2D eigenvalue weighted by molar-refractivity contribution is 14.1. The molecule has 1 aliphatic rings. The first-order valence-corrected chi connectivity index (χ1v) is 12.9. The highest BCUT2D eigenvalue weighted by Crippen LogP contribution is 2.35. The minimum Gasteiger partial charge on any atom is -0.493 e. The molecule has 0 spiro atoms. The minimum absolute atomic E-state index is 0.193. The van der Waals surface area contributed by atoms with Crippen molar-refractivity contribution in [3.05, 3.63) is 91.9 Å². The SMILES string of the molecule is COc1cc(/C=C2/SC(=O)N(Cc3ccc(I)cc3)C2=O)ccc1OCC(=O)Nc1ccc(C)cc1. The van der Waals surface area contributed by atoms with Crippen molar-refractivity contribution in [2.24, 2.45) is 0 Å². The van der Waals surface area contributed by atoms with Gasteiger partial charge < -0.3 is 14.8 Å². The molecule has 0 saturated carbocycles. The molecule has 1 saturated heterocycles. The number of carbonyl (C=O) groups excluding carboxylic acids is 3. The molecule has 0 atom stereocenters. The molecule has 0 radical (unpaired) electrons. The van der Waals surface area contributed by atoms with Crippen LogP contribution in [-0.2, 0) is 16.1 Å². The van der Waals surface area contributed by atoms with Crippen molar-refractivity contribution in [1.82, 2.24) is 4.90 Å². The molecule has 0 aliphatic carbocycles. The van der Waals surface area contributed by atoms with Gasteiger partial charge in [-0.3, -0.25) is 19.3 Å². The Labute approximate surface area is 227 Å². The van der Waals surface area contributed by atoms with Gasteiger partial charge in [-0.05, 0) is 94.9 Å². The van der Waals surface area contributed by atoms with Crippen LogP contribution < -0.4 is 14.8 Å². The minimum atomic E-state index is -0.337. The second kappa shape index (κ2) is 11.6. The van der Waals surface area contributed by atoms with E-state index in [1.807, 2.05) is 55.5 Å². The van der Waals surface area contributed by atoms with Gasteiger partial charge in [0.1, 0.15) is 0 Å². The van der Waals surface area contributed by atoms with Gasteiger partial charge in [-0.15, -0.1) is 0 Å². The van der Waals surface area contributed by atoms with Gasteiger partial charge in [-0.1, -0.05) is 35.9 Å². The number of anilines is 1. The zero-order valence-corrected chi connectivity index (χ0v) is 22.6. The van der Waals surface area contributed by atoms with Crippen LogP contribution in [0.25, 0.3) is 6.08 Å². The predicted octanol–water partition coefficient (Wildman–Crippen LogP) is 5.86. The van der Waals surface area contributed by atoms with Crippen molar-refractivity contribution in [1.29, 1.82) is 0 Å². The molecule has 184 valence electrons. The Kier molecular flexibility index (Phi) is 8.32. The summed E-state index contributed by atoms with van der Waals surface area (Å²) in [6.45, 7) is 2.00. The lowest BCUT2D eigenvalue weighted by molar-refractivity contribution is -0.123. The third-order valence-corrected chi connectivity index (χ3v) is 6.93. The van der Waals surface area contributed by atoms with Gasteiger partial charge in [0.2, 0.25) is 0 Å². The van der Waals surface area contributed by atoms with Gasteiger partial charge in [0.05, 0.1) is 18.6 Å². The van der Waals surface area contributed by atoms with Gasteiger partial charge in [-0.25, -0.2) is 0 Å². The Morgan fingerprint density at radius 3 is 2.44 bits per heavy atom. The average Bonchev–Trinajstić information content (AvgIpc) is 3.13. The molecular formula is C27H23IN2O5S. The predicted molar refractivity (Wildman–Crippen MR) is 149 cm³/mol. The molecule has 36 heavy (non-hydrogen) atoms. The third kappa shape index (κ3) is 6.46. The number of ether oxygens (including phenoxy) is 2. The van der Waals surface area contributed by atoms with Crippen molar-refractivity contribution in [3.63, 3.8) is 0 Å². The molecule has 1 heterocycles. The van der Waals surface area contributed by atoms with Crippen molar-refractivity contribution in [2.45, 2.75) is 13.5 Å². The Balaban J connectivity index is 1.41. The topological polar surface area (TPSA) is 84.9 Å². The maximum absolute atomic E-state index is 12.9. The summed E-state index contributed by atoms with van der Waals surface area (Å²) in [4.78, 5) is 39.2.